The van der Waals surface area contributed by atoms with Crippen molar-refractivity contribution in [2.24, 2.45) is 11.7 Å². The maximum Gasteiger partial charge on any atom is 0.223 e. The summed E-state index contributed by atoms with van der Waals surface area (Å²) in [7, 11) is 0. The summed E-state index contributed by atoms with van der Waals surface area (Å²) in [5.41, 5.74) is 5.82. The molecular weight excluding hydrogens is 274 g/mol. The van der Waals surface area contributed by atoms with Crippen molar-refractivity contribution in [3.05, 3.63) is 35.4 Å². The molecule has 0 aliphatic heterocycles. The van der Waals surface area contributed by atoms with Gasteiger partial charge in [0, 0.05) is 17.5 Å². The minimum absolute atomic E-state index is 0.126. The van der Waals surface area contributed by atoms with Crippen molar-refractivity contribution in [1.82, 2.24) is 5.32 Å². The molecule has 1 aromatic carbocycles. The van der Waals surface area contributed by atoms with Gasteiger partial charge in [0.2, 0.25) is 5.91 Å². The maximum atomic E-state index is 13.6. The number of hydrogen-bond donors (Lipinski definition) is 2. The van der Waals surface area contributed by atoms with E-state index < -0.39 is 17.7 Å². The molecule has 0 saturated heterocycles. The van der Waals surface area contributed by atoms with E-state index in [1.807, 2.05) is 13.8 Å². The lowest BCUT2D eigenvalue weighted by atomic mass is 10.00. The van der Waals surface area contributed by atoms with Gasteiger partial charge in [0.1, 0.15) is 11.6 Å². The third-order valence-electron chi connectivity index (χ3n) is 3.53. The summed E-state index contributed by atoms with van der Waals surface area (Å²) in [4.78, 5) is 12.0. The first-order chi connectivity index (χ1) is 9.81. The van der Waals surface area contributed by atoms with Gasteiger partial charge in [0.15, 0.2) is 0 Å². The lowest BCUT2D eigenvalue weighted by molar-refractivity contribution is -0.125. The molecule has 0 radical (unpaired) electrons. The second-order valence-electron chi connectivity index (χ2n) is 5.71. The number of benzene rings is 1. The Morgan fingerprint density at radius 1 is 1.24 bits per heavy atom. The van der Waals surface area contributed by atoms with Crippen LogP contribution in [-0.4, -0.2) is 11.9 Å². The van der Waals surface area contributed by atoms with Gasteiger partial charge in [0.05, 0.1) is 6.04 Å². The van der Waals surface area contributed by atoms with Crippen LogP contribution in [0.3, 0.4) is 0 Å². The van der Waals surface area contributed by atoms with E-state index in [9.17, 15) is 13.6 Å². The Balaban J connectivity index is 2.55. The average Bonchev–Trinajstić information content (AvgIpc) is 2.40. The van der Waals surface area contributed by atoms with Crippen molar-refractivity contribution in [3.63, 3.8) is 0 Å². The summed E-state index contributed by atoms with van der Waals surface area (Å²) in [5.74, 6) is -1.37. The first-order valence-corrected chi connectivity index (χ1v) is 7.32. The van der Waals surface area contributed by atoms with Crippen LogP contribution in [0.25, 0.3) is 0 Å². The summed E-state index contributed by atoms with van der Waals surface area (Å²) in [5, 5.41) is 2.73. The van der Waals surface area contributed by atoms with Crippen molar-refractivity contribution in [2.75, 3.05) is 0 Å². The molecule has 0 saturated carbocycles. The highest BCUT2D eigenvalue weighted by Gasteiger charge is 2.18. The molecule has 3 unspecified atom stereocenters. The maximum absolute atomic E-state index is 13.6. The zero-order chi connectivity index (χ0) is 16.0. The van der Waals surface area contributed by atoms with Gasteiger partial charge in [-0.2, -0.15) is 0 Å². The summed E-state index contributed by atoms with van der Waals surface area (Å²) < 4.78 is 26.8. The Bertz CT molecular complexity index is 477. The number of hydrogen-bond acceptors (Lipinski definition) is 2. The molecule has 0 aliphatic rings. The topological polar surface area (TPSA) is 55.1 Å². The van der Waals surface area contributed by atoms with Crippen molar-refractivity contribution < 1.29 is 13.6 Å². The summed E-state index contributed by atoms with van der Waals surface area (Å²) in [6, 6.07) is 2.80. The molecule has 0 spiro atoms. The highest BCUT2D eigenvalue weighted by molar-refractivity contribution is 5.78. The van der Waals surface area contributed by atoms with Crippen LogP contribution >= 0.6 is 0 Å². The fourth-order valence-corrected chi connectivity index (χ4v) is 2.16. The van der Waals surface area contributed by atoms with E-state index in [0.717, 1.165) is 37.5 Å². The second-order valence-corrected chi connectivity index (χ2v) is 5.71. The molecule has 21 heavy (non-hydrogen) atoms. The highest BCUT2D eigenvalue weighted by Crippen LogP contribution is 2.19. The summed E-state index contributed by atoms with van der Waals surface area (Å²) in [6.07, 6.45) is 2.46. The van der Waals surface area contributed by atoms with Gasteiger partial charge in [-0.15, -0.1) is 0 Å². The minimum atomic E-state index is -0.566. The smallest absolute Gasteiger partial charge is 0.223 e. The number of rotatable bonds is 7. The summed E-state index contributed by atoms with van der Waals surface area (Å²) >= 11 is 0. The van der Waals surface area contributed by atoms with Crippen LogP contribution in [0.5, 0.6) is 0 Å². The van der Waals surface area contributed by atoms with Gasteiger partial charge in [-0.1, -0.05) is 13.3 Å². The Kier molecular flexibility index (Phi) is 6.75. The number of carbonyl (C=O) groups excluding carboxylic acids is 1. The summed E-state index contributed by atoms with van der Waals surface area (Å²) in [6.45, 7) is 5.40. The van der Waals surface area contributed by atoms with E-state index in [1.54, 1.807) is 6.92 Å². The average molecular weight is 298 g/mol. The molecule has 1 aromatic rings. The molecule has 3 N–H and O–H groups in total. The zero-order valence-electron chi connectivity index (χ0n) is 12.8. The predicted octanol–water partition coefficient (Wildman–Crippen LogP) is 3.30. The van der Waals surface area contributed by atoms with Gasteiger partial charge in [-0.05, 0) is 44.9 Å². The molecule has 0 bridgehead atoms. The van der Waals surface area contributed by atoms with Gasteiger partial charge >= 0.3 is 0 Å². The predicted molar refractivity (Wildman–Crippen MR) is 79.6 cm³/mol. The molecule has 1 rings (SSSR count). The van der Waals surface area contributed by atoms with Gasteiger partial charge < -0.3 is 11.1 Å². The number of nitrogens with one attached hydrogen (secondary N) is 1. The Hall–Kier alpha value is -1.49. The molecular formula is C16H24F2N2O. The van der Waals surface area contributed by atoms with E-state index in [0.29, 0.717) is 0 Å². The Labute approximate surface area is 124 Å². The second kappa shape index (κ2) is 8.08. The fraction of sp³-hybridized carbons (Fsp3) is 0.562. The molecule has 0 aliphatic carbocycles. The van der Waals surface area contributed by atoms with Crippen LogP contribution in [0.4, 0.5) is 8.78 Å². The Morgan fingerprint density at radius 2 is 1.90 bits per heavy atom. The molecule has 3 atom stereocenters. The van der Waals surface area contributed by atoms with Gasteiger partial charge in [0.25, 0.3) is 0 Å². The van der Waals surface area contributed by atoms with Crippen molar-refractivity contribution in [2.45, 2.75) is 52.1 Å². The van der Waals surface area contributed by atoms with Crippen LogP contribution in [0, 0.1) is 17.6 Å². The van der Waals surface area contributed by atoms with Crippen LogP contribution < -0.4 is 11.1 Å². The molecule has 1 amide bonds. The lowest BCUT2D eigenvalue weighted by Crippen LogP contribution is -2.32. The van der Waals surface area contributed by atoms with Crippen LogP contribution in [-0.2, 0) is 4.79 Å². The molecule has 0 aromatic heterocycles. The van der Waals surface area contributed by atoms with E-state index >= 15 is 0 Å². The number of amides is 1. The van der Waals surface area contributed by atoms with Crippen molar-refractivity contribution >= 4 is 5.91 Å². The monoisotopic (exact) mass is 298 g/mol. The quantitative estimate of drug-likeness (QED) is 0.811. The molecule has 5 heteroatoms. The van der Waals surface area contributed by atoms with Crippen LogP contribution in [0.2, 0.25) is 0 Å². The lowest BCUT2D eigenvalue weighted by Gasteiger charge is -2.18. The number of halogens is 2. The van der Waals surface area contributed by atoms with E-state index in [4.69, 9.17) is 5.73 Å². The fourth-order valence-electron chi connectivity index (χ4n) is 2.16. The molecule has 0 heterocycles. The van der Waals surface area contributed by atoms with Crippen LogP contribution in [0.15, 0.2) is 18.2 Å². The van der Waals surface area contributed by atoms with Crippen molar-refractivity contribution in [1.29, 1.82) is 0 Å². The highest BCUT2D eigenvalue weighted by atomic mass is 19.1. The minimum Gasteiger partial charge on any atom is -0.349 e. The van der Waals surface area contributed by atoms with Crippen molar-refractivity contribution in [3.8, 4) is 0 Å². The largest absolute Gasteiger partial charge is 0.349 e. The number of nitrogens with two attached hydrogens (primary N) is 1. The van der Waals surface area contributed by atoms with Crippen LogP contribution in [0.1, 0.15) is 51.6 Å². The molecule has 0 fully saturated rings. The normalized spacial score (nSPS) is 15.3. The standard InChI is InChI=1S/C16H24F2N2O/c1-10(5-4-6-11(2)19)16(21)20-12(3)14-9-13(17)7-8-15(14)18/h7-12H,4-6,19H2,1-3H3,(H,20,21). The number of carbonyl (C=O) groups is 1. The van der Waals surface area contributed by atoms with E-state index in [-0.39, 0.29) is 23.4 Å². The van der Waals surface area contributed by atoms with E-state index in [1.165, 1.54) is 0 Å². The first-order valence-electron chi connectivity index (χ1n) is 7.32. The first kappa shape index (κ1) is 17.6. The van der Waals surface area contributed by atoms with Gasteiger partial charge in [-0.25, -0.2) is 8.78 Å². The molecule has 3 nitrogen and oxygen atoms in total. The SMILES string of the molecule is CC(N)CCCC(C)C(=O)NC(C)c1cc(F)ccc1F. The zero-order valence-corrected chi connectivity index (χ0v) is 12.8. The third-order valence-corrected chi connectivity index (χ3v) is 3.53. The van der Waals surface area contributed by atoms with E-state index in [2.05, 4.69) is 5.32 Å². The third kappa shape index (κ3) is 5.79. The molecule has 118 valence electrons. The van der Waals surface area contributed by atoms with Gasteiger partial charge in [-0.3, -0.25) is 4.79 Å². The Morgan fingerprint density at radius 3 is 2.52 bits per heavy atom.